The molecule has 6 heteroatoms. The molecule has 1 heterocycles. The van der Waals surface area contributed by atoms with Crippen molar-refractivity contribution in [1.29, 1.82) is 0 Å². The van der Waals surface area contributed by atoms with E-state index in [4.69, 9.17) is 38.4 Å². The minimum Gasteiger partial charge on any atom is -0.478 e. The summed E-state index contributed by atoms with van der Waals surface area (Å²) in [6, 6.07) is 8.31. The number of pyridine rings is 1. The molecule has 0 aliphatic heterocycles. The van der Waals surface area contributed by atoms with Crippen LogP contribution in [0.25, 0.3) is 0 Å². The molecule has 0 fully saturated rings. The average Bonchev–Trinajstić information content (AvgIpc) is 2.37. The van der Waals surface area contributed by atoms with Crippen LogP contribution < -0.4 is 15.2 Å². The van der Waals surface area contributed by atoms with Crippen LogP contribution in [-0.2, 0) is 0 Å². The molecule has 4 nitrogen and oxygen atoms in total. The highest BCUT2D eigenvalue weighted by molar-refractivity contribution is 6.42. The third-order valence-electron chi connectivity index (χ3n) is 2.26. The van der Waals surface area contributed by atoms with Crippen molar-refractivity contribution in [3.05, 3.63) is 40.4 Å². The molecule has 0 unspecified atom stereocenters. The van der Waals surface area contributed by atoms with Crippen LogP contribution in [0, 0.1) is 0 Å². The molecular formula is C13H12Cl2N2O2. The molecular weight excluding hydrogens is 287 g/mol. The monoisotopic (exact) mass is 298 g/mol. The second-order valence-electron chi connectivity index (χ2n) is 3.65. The summed E-state index contributed by atoms with van der Waals surface area (Å²) in [6.45, 7) is 2.41. The lowest BCUT2D eigenvalue weighted by Gasteiger charge is -2.10. The normalized spacial score (nSPS) is 10.3. The van der Waals surface area contributed by atoms with E-state index in [-0.39, 0.29) is 0 Å². The Bertz CT molecular complexity index is 591. The molecule has 1 aromatic heterocycles. The standard InChI is InChI=1S/C13H12Cl2N2O2/c1-2-18-12-4-3-5-13(17-12)19-11-7-9(15)8(14)6-10(11)16/h3-7H,2,16H2,1H3. The molecule has 0 amide bonds. The van der Waals surface area contributed by atoms with Gasteiger partial charge in [0.2, 0.25) is 11.8 Å². The summed E-state index contributed by atoms with van der Waals surface area (Å²) in [5.74, 6) is 1.25. The van der Waals surface area contributed by atoms with E-state index in [1.807, 2.05) is 6.92 Å². The Morgan fingerprint density at radius 2 is 1.84 bits per heavy atom. The molecule has 2 rings (SSSR count). The number of nitrogen functional groups attached to an aromatic ring is 1. The van der Waals surface area contributed by atoms with Gasteiger partial charge in [-0.05, 0) is 13.0 Å². The van der Waals surface area contributed by atoms with Gasteiger partial charge in [0, 0.05) is 18.2 Å². The highest BCUT2D eigenvalue weighted by Crippen LogP contribution is 2.34. The quantitative estimate of drug-likeness (QED) is 0.861. The molecule has 0 spiro atoms. The van der Waals surface area contributed by atoms with Crippen LogP contribution >= 0.6 is 23.2 Å². The maximum Gasteiger partial charge on any atom is 0.222 e. The van der Waals surface area contributed by atoms with Crippen molar-refractivity contribution in [2.45, 2.75) is 6.92 Å². The van der Waals surface area contributed by atoms with Crippen LogP contribution in [0.2, 0.25) is 10.0 Å². The first-order valence-corrected chi connectivity index (χ1v) is 6.38. The summed E-state index contributed by atoms with van der Waals surface area (Å²) in [7, 11) is 0. The summed E-state index contributed by atoms with van der Waals surface area (Å²) >= 11 is 11.8. The second kappa shape index (κ2) is 5.99. The summed E-state index contributed by atoms with van der Waals surface area (Å²) < 4.78 is 10.9. The molecule has 0 bridgehead atoms. The Morgan fingerprint density at radius 1 is 1.16 bits per heavy atom. The number of anilines is 1. The van der Waals surface area contributed by atoms with Gasteiger partial charge in [-0.25, -0.2) is 0 Å². The van der Waals surface area contributed by atoms with Gasteiger partial charge in [0.15, 0.2) is 5.75 Å². The van der Waals surface area contributed by atoms with Gasteiger partial charge < -0.3 is 15.2 Å². The lowest BCUT2D eigenvalue weighted by Crippen LogP contribution is -1.97. The number of hydrogen-bond acceptors (Lipinski definition) is 4. The van der Waals surface area contributed by atoms with Gasteiger partial charge in [0.1, 0.15) is 0 Å². The zero-order valence-electron chi connectivity index (χ0n) is 10.2. The predicted octanol–water partition coefficient (Wildman–Crippen LogP) is 4.16. The number of aromatic nitrogens is 1. The van der Waals surface area contributed by atoms with Gasteiger partial charge in [0.05, 0.1) is 22.3 Å². The Balaban J connectivity index is 2.25. The van der Waals surface area contributed by atoms with Crippen molar-refractivity contribution >= 4 is 28.9 Å². The SMILES string of the molecule is CCOc1cccc(Oc2cc(Cl)c(Cl)cc2N)n1. The Labute approximate surface area is 121 Å². The predicted molar refractivity (Wildman–Crippen MR) is 76.4 cm³/mol. The van der Waals surface area contributed by atoms with E-state index in [2.05, 4.69) is 4.98 Å². The maximum atomic E-state index is 5.92. The average molecular weight is 299 g/mol. The van der Waals surface area contributed by atoms with E-state index in [1.54, 1.807) is 24.3 Å². The van der Waals surface area contributed by atoms with Gasteiger partial charge in [0.25, 0.3) is 0 Å². The smallest absolute Gasteiger partial charge is 0.222 e. The number of rotatable bonds is 4. The van der Waals surface area contributed by atoms with Gasteiger partial charge >= 0.3 is 0 Å². The minimum absolute atomic E-state index is 0.367. The van der Waals surface area contributed by atoms with Gasteiger partial charge in [-0.15, -0.1) is 0 Å². The Kier molecular flexibility index (Phi) is 4.35. The zero-order valence-corrected chi connectivity index (χ0v) is 11.7. The highest BCUT2D eigenvalue weighted by atomic mass is 35.5. The number of nitrogens with two attached hydrogens (primary N) is 1. The van der Waals surface area contributed by atoms with Crippen molar-refractivity contribution in [2.24, 2.45) is 0 Å². The number of benzene rings is 1. The first-order chi connectivity index (χ1) is 9.10. The Morgan fingerprint density at radius 3 is 2.58 bits per heavy atom. The molecule has 0 saturated heterocycles. The van der Waals surface area contributed by atoms with E-state index in [0.29, 0.717) is 39.8 Å². The van der Waals surface area contributed by atoms with Crippen LogP contribution in [0.5, 0.6) is 17.5 Å². The largest absolute Gasteiger partial charge is 0.478 e. The van der Waals surface area contributed by atoms with Crippen LogP contribution in [0.4, 0.5) is 5.69 Å². The molecule has 2 aromatic rings. The van der Waals surface area contributed by atoms with Crippen molar-refractivity contribution in [2.75, 3.05) is 12.3 Å². The lowest BCUT2D eigenvalue weighted by molar-refractivity contribution is 0.321. The van der Waals surface area contributed by atoms with E-state index >= 15 is 0 Å². The van der Waals surface area contributed by atoms with Crippen LogP contribution in [-0.4, -0.2) is 11.6 Å². The fraction of sp³-hybridized carbons (Fsp3) is 0.154. The van der Waals surface area contributed by atoms with Crippen LogP contribution in [0.3, 0.4) is 0 Å². The number of nitrogens with zero attached hydrogens (tertiary/aromatic N) is 1. The highest BCUT2D eigenvalue weighted by Gasteiger charge is 2.08. The molecule has 0 atom stereocenters. The molecule has 1 aromatic carbocycles. The van der Waals surface area contributed by atoms with Crippen molar-refractivity contribution in [3.63, 3.8) is 0 Å². The van der Waals surface area contributed by atoms with Gasteiger partial charge in [-0.1, -0.05) is 29.3 Å². The summed E-state index contributed by atoms with van der Waals surface area (Å²) in [6.07, 6.45) is 0. The lowest BCUT2D eigenvalue weighted by atomic mass is 10.3. The summed E-state index contributed by atoms with van der Waals surface area (Å²) in [5, 5.41) is 0.745. The van der Waals surface area contributed by atoms with Crippen LogP contribution in [0.15, 0.2) is 30.3 Å². The summed E-state index contributed by atoms with van der Waals surface area (Å²) in [5.41, 5.74) is 6.19. The van der Waals surface area contributed by atoms with E-state index < -0.39 is 0 Å². The Hall–Kier alpha value is -1.65. The molecule has 0 aliphatic rings. The third kappa shape index (κ3) is 3.43. The maximum absolute atomic E-state index is 5.92. The summed E-state index contributed by atoms with van der Waals surface area (Å²) in [4.78, 5) is 4.17. The third-order valence-corrected chi connectivity index (χ3v) is 2.98. The van der Waals surface area contributed by atoms with Crippen molar-refractivity contribution in [1.82, 2.24) is 4.98 Å². The van der Waals surface area contributed by atoms with E-state index in [1.165, 1.54) is 6.07 Å². The fourth-order valence-electron chi connectivity index (χ4n) is 1.43. The van der Waals surface area contributed by atoms with Crippen molar-refractivity contribution < 1.29 is 9.47 Å². The molecule has 0 radical (unpaired) electrons. The molecule has 0 saturated carbocycles. The molecule has 19 heavy (non-hydrogen) atoms. The van der Waals surface area contributed by atoms with E-state index in [9.17, 15) is 0 Å². The number of hydrogen-bond donors (Lipinski definition) is 1. The first-order valence-electron chi connectivity index (χ1n) is 5.62. The second-order valence-corrected chi connectivity index (χ2v) is 4.47. The van der Waals surface area contributed by atoms with Gasteiger partial charge in [-0.3, -0.25) is 0 Å². The zero-order chi connectivity index (χ0) is 13.8. The fourth-order valence-corrected chi connectivity index (χ4v) is 1.75. The number of halogens is 2. The first kappa shape index (κ1) is 13.8. The van der Waals surface area contributed by atoms with Gasteiger partial charge in [-0.2, -0.15) is 4.98 Å². The molecule has 100 valence electrons. The topological polar surface area (TPSA) is 57.4 Å². The van der Waals surface area contributed by atoms with E-state index in [0.717, 1.165) is 0 Å². The van der Waals surface area contributed by atoms with Crippen LogP contribution in [0.1, 0.15) is 6.92 Å². The minimum atomic E-state index is 0.367. The molecule has 0 aliphatic carbocycles. The number of ether oxygens (including phenoxy) is 2. The van der Waals surface area contributed by atoms with Crippen molar-refractivity contribution in [3.8, 4) is 17.5 Å². The molecule has 2 N–H and O–H groups in total.